The third-order valence-electron chi connectivity index (χ3n) is 4.21. The lowest BCUT2D eigenvalue weighted by molar-refractivity contribution is 0.185. The summed E-state index contributed by atoms with van der Waals surface area (Å²) in [5.74, 6) is 0.149. The van der Waals surface area contributed by atoms with E-state index in [-0.39, 0.29) is 11.9 Å². The van der Waals surface area contributed by atoms with Crippen LogP contribution < -0.4 is 5.73 Å². The summed E-state index contributed by atoms with van der Waals surface area (Å²) in [6.45, 7) is 5.05. The molecule has 2 aliphatic rings. The molecule has 2 saturated heterocycles. The fraction of sp³-hybridized carbons (Fsp3) is 0.917. The summed E-state index contributed by atoms with van der Waals surface area (Å²) in [5, 5.41) is 11.5. The molecule has 0 bridgehead atoms. The van der Waals surface area contributed by atoms with Gasteiger partial charge in [-0.2, -0.15) is 17.0 Å². The summed E-state index contributed by atoms with van der Waals surface area (Å²) in [6, 6.07) is 0.0824. The van der Waals surface area contributed by atoms with Gasteiger partial charge in [-0.25, -0.2) is 0 Å². The first kappa shape index (κ1) is 16.5. The molecular weight excluding hydrogens is 294 g/mol. The molecule has 0 aromatic carbocycles. The molecule has 0 aromatic heterocycles. The molecule has 8 nitrogen and oxygen atoms in total. The van der Waals surface area contributed by atoms with Gasteiger partial charge in [0.15, 0.2) is 5.84 Å². The summed E-state index contributed by atoms with van der Waals surface area (Å²) >= 11 is 0. The van der Waals surface area contributed by atoms with Gasteiger partial charge in [0.05, 0.1) is 6.54 Å². The Kier molecular flexibility index (Phi) is 5.42. The second kappa shape index (κ2) is 6.91. The van der Waals surface area contributed by atoms with Crippen molar-refractivity contribution in [3.05, 3.63) is 0 Å². The molecule has 0 aromatic rings. The van der Waals surface area contributed by atoms with Crippen LogP contribution in [0.25, 0.3) is 0 Å². The van der Waals surface area contributed by atoms with E-state index < -0.39 is 10.2 Å². The standard InChI is InChI=1S/C12H25N5O3S/c1-11-4-2-3-5-17(11)21(19,20)16-8-6-15(7-9-16)10-12(13)14-18/h11,18H,2-10H2,1H3,(H2,13,14). The van der Waals surface area contributed by atoms with E-state index in [1.165, 1.54) is 0 Å². The van der Waals surface area contributed by atoms with Crippen LogP contribution in [0.2, 0.25) is 0 Å². The molecule has 0 amide bonds. The highest BCUT2D eigenvalue weighted by Gasteiger charge is 2.36. The number of hydrogen-bond donors (Lipinski definition) is 2. The average molecular weight is 319 g/mol. The van der Waals surface area contributed by atoms with Crippen molar-refractivity contribution in [2.45, 2.75) is 32.2 Å². The topological polar surface area (TPSA) is 102 Å². The Morgan fingerprint density at radius 1 is 1.24 bits per heavy atom. The molecule has 0 aliphatic carbocycles. The molecule has 2 fully saturated rings. The highest BCUT2D eigenvalue weighted by molar-refractivity contribution is 7.86. The van der Waals surface area contributed by atoms with E-state index >= 15 is 0 Å². The first-order valence-corrected chi connectivity index (χ1v) is 8.80. The predicted octanol–water partition coefficient (Wildman–Crippen LogP) is -0.530. The Balaban J connectivity index is 1.94. The Morgan fingerprint density at radius 3 is 2.48 bits per heavy atom. The Hall–Kier alpha value is -0.900. The van der Waals surface area contributed by atoms with E-state index in [1.54, 1.807) is 8.61 Å². The van der Waals surface area contributed by atoms with Crippen molar-refractivity contribution < 1.29 is 13.6 Å². The van der Waals surface area contributed by atoms with Crippen molar-refractivity contribution in [1.29, 1.82) is 0 Å². The van der Waals surface area contributed by atoms with Crippen LogP contribution in [-0.2, 0) is 10.2 Å². The number of nitrogens with zero attached hydrogens (tertiary/aromatic N) is 4. The van der Waals surface area contributed by atoms with Crippen molar-refractivity contribution in [2.24, 2.45) is 10.9 Å². The number of piperazine rings is 1. The van der Waals surface area contributed by atoms with Crippen LogP contribution in [0.5, 0.6) is 0 Å². The van der Waals surface area contributed by atoms with E-state index in [0.717, 1.165) is 19.3 Å². The first-order chi connectivity index (χ1) is 9.95. The van der Waals surface area contributed by atoms with E-state index in [0.29, 0.717) is 39.3 Å². The van der Waals surface area contributed by atoms with Crippen molar-refractivity contribution in [3.8, 4) is 0 Å². The van der Waals surface area contributed by atoms with Gasteiger partial charge < -0.3 is 10.9 Å². The largest absolute Gasteiger partial charge is 0.409 e. The molecular formula is C12H25N5O3S. The summed E-state index contributed by atoms with van der Waals surface area (Å²) in [6.07, 6.45) is 2.97. The van der Waals surface area contributed by atoms with Crippen LogP contribution >= 0.6 is 0 Å². The fourth-order valence-corrected chi connectivity index (χ4v) is 4.78. The third-order valence-corrected chi connectivity index (χ3v) is 6.36. The Morgan fingerprint density at radius 2 is 1.90 bits per heavy atom. The van der Waals surface area contributed by atoms with E-state index in [1.807, 2.05) is 11.8 Å². The number of rotatable bonds is 4. The van der Waals surface area contributed by atoms with Crippen molar-refractivity contribution in [2.75, 3.05) is 39.3 Å². The lowest BCUT2D eigenvalue weighted by atomic mass is 10.1. The number of nitrogens with two attached hydrogens (primary N) is 1. The molecule has 0 spiro atoms. The lowest BCUT2D eigenvalue weighted by Crippen LogP contribution is -2.56. The van der Waals surface area contributed by atoms with Gasteiger partial charge in [-0.3, -0.25) is 4.90 Å². The normalized spacial score (nSPS) is 27.9. The zero-order valence-corrected chi connectivity index (χ0v) is 13.3. The van der Waals surface area contributed by atoms with Crippen LogP contribution in [0.3, 0.4) is 0 Å². The molecule has 2 heterocycles. The van der Waals surface area contributed by atoms with Gasteiger partial charge in [0.2, 0.25) is 0 Å². The smallest absolute Gasteiger partial charge is 0.282 e. The van der Waals surface area contributed by atoms with Crippen LogP contribution in [0.1, 0.15) is 26.2 Å². The predicted molar refractivity (Wildman–Crippen MR) is 80.4 cm³/mol. The third kappa shape index (κ3) is 3.85. The molecule has 0 radical (unpaired) electrons. The number of hydrogen-bond acceptors (Lipinski definition) is 5. The Labute approximate surface area is 126 Å². The second-order valence-electron chi connectivity index (χ2n) is 5.73. The van der Waals surface area contributed by atoms with Gasteiger partial charge in [-0.05, 0) is 19.8 Å². The quantitative estimate of drug-likeness (QED) is 0.314. The molecule has 1 unspecified atom stereocenters. The molecule has 3 N–H and O–H groups in total. The number of piperidine rings is 1. The zero-order chi connectivity index (χ0) is 15.5. The van der Waals surface area contributed by atoms with E-state index in [2.05, 4.69) is 5.16 Å². The van der Waals surface area contributed by atoms with Gasteiger partial charge in [0.25, 0.3) is 10.2 Å². The van der Waals surface area contributed by atoms with Crippen LogP contribution in [0.15, 0.2) is 5.16 Å². The monoisotopic (exact) mass is 319 g/mol. The maximum Gasteiger partial charge on any atom is 0.282 e. The van der Waals surface area contributed by atoms with Crippen LogP contribution in [0.4, 0.5) is 0 Å². The lowest BCUT2D eigenvalue weighted by Gasteiger charge is -2.39. The summed E-state index contributed by atoms with van der Waals surface area (Å²) in [7, 11) is -3.36. The molecule has 122 valence electrons. The molecule has 1 atom stereocenters. The van der Waals surface area contributed by atoms with Gasteiger partial charge in [0, 0.05) is 38.8 Å². The van der Waals surface area contributed by atoms with Crippen LogP contribution in [0, 0.1) is 0 Å². The minimum atomic E-state index is -3.36. The van der Waals surface area contributed by atoms with Gasteiger partial charge in [-0.1, -0.05) is 11.6 Å². The zero-order valence-electron chi connectivity index (χ0n) is 12.5. The minimum absolute atomic E-state index is 0.0824. The molecule has 0 saturated carbocycles. The van der Waals surface area contributed by atoms with Gasteiger partial charge in [0.1, 0.15) is 0 Å². The Bertz CT molecular complexity index is 473. The highest BCUT2D eigenvalue weighted by Crippen LogP contribution is 2.23. The molecule has 21 heavy (non-hydrogen) atoms. The maximum absolute atomic E-state index is 12.7. The van der Waals surface area contributed by atoms with E-state index in [9.17, 15) is 8.42 Å². The fourth-order valence-electron chi connectivity index (χ4n) is 2.94. The van der Waals surface area contributed by atoms with Crippen molar-refractivity contribution in [3.63, 3.8) is 0 Å². The number of oxime groups is 1. The maximum atomic E-state index is 12.7. The van der Waals surface area contributed by atoms with Gasteiger partial charge in [-0.15, -0.1) is 0 Å². The summed E-state index contributed by atoms with van der Waals surface area (Å²) in [5.41, 5.74) is 5.48. The second-order valence-corrected chi connectivity index (χ2v) is 7.61. The first-order valence-electron chi connectivity index (χ1n) is 7.41. The van der Waals surface area contributed by atoms with Crippen molar-refractivity contribution >= 4 is 16.0 Å². The molecule has 2 rings (SSSR count). The molecule has 2 aliphatic heterocycles. The van der Waals surface area contributed by atoms with Gasteiger partial charge >= 0.3 is 0 Å². The summed E-state index contributed by atoms with van der Waals surface area (Å²) < 4.78 is 28.5. The highest BCUT2D eigenvalue weighted by atomic mass is 32.2. The number of amidine groups is 1. The minimum Gasteiger partial charge on any atom is -0.409 e. The average Bonchev–Trinajstić information content (AvgIpc) is 2.48. The van der Waals surface area contributed by atoms with Crippen LogP contribution in [-0.4, -0.2) is 78.3 Å². The SMILES string of the molecule is CC1CCCCN1S(=O)(=O)N1CCN(CC(N)=NO)CC1. The van der Waals surface area contributed by atoms with Crippen molar-refractivity contribution in [1.82, 2.24) is 13.5 Å². The molecule has 9 heteroatoms. The summed E-state index contributed by atoms with van der Waals surface area (Å²) in [4.78, 5) is 1.99. The van der Waals surface area contributed by atoms with E-state index in [4.69, 9.17) is 10.9 Å².